The Morgan fingerprint density at radius 1 is 1.33 bits per heavy atom. The number of halogens is 1. The van der Waals surface area contributed by atoms with Crippen molar-refractivity contribution in [2.75, 3.05) is 25.4 Å². The molecule has 0 fully saturated rings. The van der Waals surface area contributed by atoms with Crippen LogP contribution in [0.5, 0.6) is 11.5 Å². The van der Waals surface area contributed by atoms with Gasteiger partial charge in [0.15, 0.2) is 11.5 Å². The van der Waals surface area contributed by atoms with Crippen LogP contribution < -0.4 is 25.8 Å². The van der Waals surface area contributed by atoms with Crippen LogP contribution in [0.2, 0.25) is 0 Å². The number of nitrogens with one attached hydrogen (secondary N) is 2. The lowest BCUT2D eigenvalue weighted by Gasteiger charge is -2.17. The van der Waals surface area contributed by atoms with E-state index in [1.807, 2.05) is 32.9 Å². The first-order valence-corrected chi connectivity index (χ1v) is 9.40. The molecule has 0 radical (unpaired) electrons. The molecule has 0 bridgehead atoms. The summed E-state index contributed by atoms with van der Waals surface area (Å²) in [6.45, 7) is 7.97. The van der Waals surface area contributed by atoms with Crippen LogP contribution in [0.1, 0.15) is 36.8 Å². The van der Waals surface area contributed by atoms with Crippen LogP contribution in [-0.2, 0) is 6.54 Å². The molecule has 2 aromatic rings. The molecule has 0 aliphatic heterocycles. The van der Waals surface area contributed by atoms with E-state index in [9.17, 15) is 4.79 Å². The van der Waals surface area contributed by atoms with Gasteiger partial charge < -0.3 is 25.8 Å². The van der Waals surface area contributed by atoms with Crippen LogP contribution in [0.15, 0.2) is 21.2 Å². The number of rotatable bonds is 10. The number of nitrogens with two attached hydrogens (primary N) is 1. The second-order valence-corrected chi connectivity index (χ2v) is 6.79. The summed E-state index contributed by atoms with van der Waals surface area (Å²) < 4.78 is 16.8. The molecule has 0 spiro atoms. The summed E-state index contributed by atoms with van der Waals surface area (Å²) in [6, 6.07) is 3.92. The lowest BCUT2D eigenvalue weighted by molar-refractivity contribution is 0.0944. The second kappa shape index (κ2) is 10.1. The highest BCUT2D eigenvalue weighted by Crippen LogP contribution is 2.37. The molecule has 1 aromatic carbocycles. The predicted molar refractivity (Wildman–Crippen MR) is 104 cm³/mol. The number of aromatic nitrogens is 2. The zero-order chi connectivity index (χ0) is 19.8. The van der Waals surface area contributed by atoms with Gasteiger partial charge in [0.05, 0.1) is 17.2 Å². The van der Waals surface area contributed by atoms with E-state index in [1.165, 1.54) is 0 Å². The molecule has 0 unspecified atom stereocenters. The van der Waals surface area contributed by atoms with Crippen LogP contribution in [0.4, 0.5) is 5.82 Å². The average molecular weight is 442 g/mol. The van der Waals surface area contributed by atoms with Crippen molar-refractivity contribution in [2.45, 2.75) is 33.4 Å². The summed E-state index contributed by atoms with van der Waals surface area (Å²) >= 11 is 3.54. The highest BCUT2D eigenvalue weighted by Gasteiger charge is 2.15. The molecule has 0 saturated carbocycles. The smallest absolute Gasteiger partial charge is 0.277 e. The first kappa shape index (κ1) is 21.0. The van der Waals surface area contributed by atoms with Crippen molar-refractivity contribution in [1.82, 2.24) is 20.9 Å². The van der Waals surface area contributed by atoms with Gasteiger partial charge in [-0.05, 0) is 64.7 Å². The van der Waals surface area contributed by atoms with Gasteiger partial charge in [0.2, 0.25) is 11.5 Å². The predicted octanol–water partition coefficient (Wildman–Crippen LogP) is 2.12. The van der Waals surface area contributed by atoms with E-state index in [4.69, 9.17) is 15.2 Å². The zero-order valence-corrected chi connectivity index (χ0v) is 17.1. The molecule has 1 aromatic heterocycles. The van der Waals surface area contributed by atoms with E-state index in [2.05, 4.69) is 41.5 Å². The van der Waals surface area contributed by atoms with E-state index in [0.29, 0.717) is 37.7 Å². The Balaban J connectivity index is 1.86. The average Bonchev–Trinajstić information content (AvgIpc) is 3.03. The van der Waals surface area contributed by atoms with Crippen LogP contribution in [-0.4, -0.2) is 42.0 Å². The molecule has 1 heterocycles. The van der Waals surface area contributed by atoms with Gasteiger partial charge in [0.1, 0.15) is 0 Å². The third-order valence-electron chi connectivity index (χ3n) is 3.37. The van der Waals surface area contributed by atoms with Crippen molar-refractivity contribution in [1.29, 1.82) is 0 Å². The number of carbonyl (C=O) groups excluding carboxylic acids is 1. The number of amides is 1. The number of hydrogen-bond donors (Lipinski definition) is 3. The fourth-order valence-electron chi connectivity index (χ4n) is 2.27. The summed E-state index contributed by atoms with van der Waals surface area (Å²) in [6.07, 6.45) is 0.0436. The number of nitrogens with zero attached hydrogens (tertiary/aromatic N) is 2. The Morgan fingerprint density at radius 2 is 2.11 bits per heavy atom. The molecule has 0 atom stereocenters. The van der Waals surface area contributed by atoms with Crippen molar-refractivity contribution in [2.24, 2.45) is 0 Å². The molecule has 0 aliphatic rings. The minimum absolute atomic E-state index is 0.0129. The van der Waals surface area contributed by atoms with Crippen LogP contribution >= 0.6 is 15.9 Å². The van der Waals surface area contributed by atoms with Gasteiger partial charge in [-0.3, -0.25) is 4.79 Å². The first-order valence-electron chi connectivity index (χ1n) is 8.61. The quantitative estimate of drug-likeness (QED) is 0.478. The Bertz CT molecular complexity index is 766. The molecule has 4 N–H and O–H groups in total. The minimum atomic E-state index is -0.424. The fraction of sp³-hybridized carbons (Fsp3) is 0.471. The fourth-order valence-corrected chi connectivity index (χ4v) is 2.85. The highest BCUT2D eigenvalue weighted by molar-refractivity contribution is 9.10. The molecule has 27 heavy (non-hydrogen) atoms. The summed E-state index contributed by atoms with van der Waals surface area (Å²) in [7, 11) is 0. The molecule has 0 aliphatic carbocycles. The molecular formula is C17H24BrN5O4. The van der Waals surface area contributed by atoms with Crippen LogP contribution in [0.3, 0.4) is 0 Å². The normalized spacial score (nSPS) is 10.9. The Hall–Kier alpha value is -2.33. The number of carbonyl (C=O) groups is 1. The van der Waals surface area contributed by atoms with Gasteiger partial charge in [-0.1, -0.05) is 0 Å². The lowest BCUT2D eigenvalue weighted by atomic mass is 10.2. The minimum Gasteiger partial charge on any atom is -0.490 e. The standard InChI is InChI=1S/C17H24BrN5O4/c1-4-25-13-8-11(7-12(18)15(13)26-10(2)3)9-20-5-6-21-17(24)14-16(19)23-27-22-14/h7-8,10,20H,4-6,9H2,1-3H3,(H2,19,23)(H,21,24). The van der Waals surface area contributed by atoms with Crippen molar-refractivity contribution >= 4 is 27.7 Å². The Morgan fingerprint density at radius 3 is 2.74 bits per heavy atom. The monoisotopic (exact) mass is 441 g/mol. The van der Waals surface area contributed by atoms with Crippen molar-refractivity contribution in [3.05, 3.63) is 27.9 Å². The maximum atomic E-state index is 11.8. The zero-order valence-electron chi connectivity index (χ0n) is 15.5. The highest BCUT2D eigenvalue weighted by atomic mass is 79.9. The summed E-state index contributed by atoms with van der Waals surface area (Å²) in [5.41, 5.74) is 6.49. The Labute approximate surface area is 166 Å². The molecular weight excluding hydrogens is 418 g/mol. The van der Waals surface area contributed by atoms with E-state index in [-0.39, 0.29) is 17.6 Å². The van der Waals surface area contributed by atoms with Crippen molar-refractivity contribution < 1.29 is 18.9 Å². The van der Waals surface area contributed by atoms with Gasteiger partial charge in [0.25, 0.3) is 5.91 Å². The summed E-state index contributed by atoms with van der Waals surface area (Å²) in [5.74, 6) is 0.936. The maximum Gasteiger partial charge on any atom is 0.277 e. The first-order chi connectivity index (χ1) is 12.9. The molecule has 148 valence electrons. The van der Waals surface area contributed by atoms with Gasteiger partial charge in [-0.25, -0.2) is 4.63 Å². The van der Waals surface area contributed by atoms with Gasteiger partial charge in [-0.15, -0.1) is 0 Å². The molecule has 1 amide bonds. The summed E-state index contributed by atoms with van der Waals surface area (Å²) in [4.78, 5) is 11.8. The van der Waals surface area contributed by atoms with E-state index in [1.54, 1.807) is 0 Å². The third-order valence-corrected chi connectivity index (χ3v) is 3.96. The molecule has 0 saturated heterocycles. The number of hydrogen-bond acceptors (Lipinski definition) is 8. The van der Waals surface area contributed by atoms with Gasteiger partial charge in [-0.2, -0.15) is 0 Å². The van der Waals surface area contributed by atoms with Gasteiger partial charge in [0, 0.05) is 19.6 Å². The van der Waals surface area contributed by atoms with E-state index in [0.717, 1.165) is 10.0 Å². The third kappa shape index (κ3) is 6.10. The topological polar surface area (TPSA) is 125 Å². The number of benzene rings is 1. The van der Waals surface area contributed by atoms with Crippen LogP contribution in [0, 0.1) is 0 Å². The number of ether oxygens (including phenoxy) is 2. The molecule has 9 nitrogen and oxygen atoms in total. The second-order valence-electron chi connectivity index (χ2n) is 5.94. The SMILES string of the molecule is CCOc1cc(CNCCNC(=O)c2nonc2N)cc(Br)c1OC(C)C. The maximum absolute atomic E-state index is 11.8. The molecule has 10 heteroatoms. The largest absolute Gasteiger partial charge is 0.490 e. The summed E-state index contributed by atoms with van der Waals surface area (Å²) in [5, 5.41) is 12.8. The lowest BCUT2D eigenvalue weighted by Crippen LogP contribution is -2.32. The van der Waals surface area contributed by atoms with E-state index < -0.39 is 5.91 Å². The number of nitrogen functional groups attached to an aromatic ring is 1. The number of anilines is 1. The van der Waals surface area contributed by atoms with Crippen LogP contribution in [0.25, 0.3) is 0 Å². The van der Waals surface area contributed by atoms with Gasteiger partial charge >= 0.3 is 0 Å². The van der Waals surface area contributed by atoms with Crippen molar-refractivity contribution in [3.63, 3.8) is 0 Å². The van der Waals surface area contributed by atoms with Crippen molar-refractivity contribution in [3.8, 4) is 11.5 Å². The Kier molecular flexibility index (Phi) is 7.86. The molecule has 2 rings (SSSR count). The van der Waals surface area contributed by atoms with E-state index >= 15 is 0 Å².